The molecule has 0 aliphatic heterocycles. The average Bonchev–Trinajstić information content (AvgIpc) is 3.31. The van der Waals surface area contributed by atoms with Crippen molar-refractivity contribution >= 4 is 11.7 Å². The molecule has 27 heavy (non-hydrogen) atoms. The van der Waals surface area contributed by atoms with Gasteiger partial charge in [-0.1, -0.05) is 17.7 Å². The fourth-order valence-corrected chi connectivity index (χ4v) is 2.67. The molecule has 1 N–H and O–H groups in total. The second-order valence-electron chi connectivity index (χ2n) is 6.19. The SMILES string of the molecule is Cc1cccc(-c2nnc(-c3ccc(C(=O)Nc4ccn(C)n4)cc3)o2)c1. The van der Waals surface area contributed by atoms with E-state index >= 15 is 0 Å². The summed E-state index contributed by atoms with van der Waals surface area (Å²) in [5.74, 6) is 1.14. The van der Waals surface area contributed by atoms with Crippen molar-refractivity contribution < 1.29 is 9.21 Å². The van der Waals surface area contributed by atoms with Gasteiger partial charge in [0.15, 0.2) is 5.82 Å². The minimum atomic E-state index is -0.230. The monoisotopic (exact) mass is 359 g/mol. The zero-order valence-corrected chi connectivity index (χ0v) is 14.9. The fraction of sp³-hybridized carbons (Fsp3) is 0.100. The van der Waals surface area contributed by atoms with Crippen molar-refractivity contribution in [3.63, 3.8) is 0 Å². The number of aryl methyl sites for hydroxylation is 2. The number of carbonyl (C=O) groups excluding carboxylic acids is 1. The topological polar surface area (TPSA) is 85.8 Å². The number of benzene rings is 2. The minimum Gasteiger partial charge on any atom is -0.416 e. The van der Waals surface area contributed by atoms with Gasteiger partial charge in [-0.15, -0.1) is 10.2 Å². The van der Waals surface area contributed by atoms with Crippen LogP contribution in [0.5, 0.6) is 0 Å². The first kappa shape index (κ1) is 16.7. The van der Waals surface area contributed by atoms with E-state index in [1.54, 1.807) is 48.3 Å². The highest BCUT2D eigenvalue weighted by Crippen LogP contribution is 2.24. The molecular weight excluding hydrogens is 342 g/mol. The molecule has 0 saturated heterocycles. The number of hydrogen-bond donors (Lipinski definition) is 1. The first-order chi connectivity index (χ1) is 13.1. The van der Waals surface area contributed by atoms with Crippen LogP contribution in [0.15, 0.2) is 65.2 Å². The third-order valence-corrected chi connectivity index (χ3v) is 4.04. The smallest absolute Gasteiger partial charge is 0.256 e. The number of nitrogens with one attached hydrogen (secondary N) is 1. The number of amides is 1. The van der Waals surface area contributed by atoms with Crippen LogP contribution in [0.25, 0.3) is 22.9 Å². The average molecular weight is 359 g/mol. The summed E-state index contributed by atoms with van der Waals surface area (Å²) >= 11 is 0. The van der Waals surface area contributed by atoms with Gasteiger partial charge in [0, 0.05) is 36.0 Å². The first-order valence-electron chi connectivity index (χ1n) is 8.40. The summed E-state index contributed by atoms with van der Waals surface area (Å²) in [5, 5.41) is 15.1. The molecular formula is C20H17N5O2. The van der Waals surface area contributed by atoms with Crippen molar-refractivity contribution in [3.05, 3.63) is 71.9 Å². The molecule has 0 fully saturated rings. The molecule has 7 nitrogen and oxygen atoms in total. The van der Waals surface area contributed by atoms with E-state index in [1.807, 2.05) is 31.2 Å². The molecule has 0 saturated carbocycles. The van der Waals surface area contributed by atoms with Crippen LogP contribution in [0.1, 0.15) is 15.9 Å². The summed E-state index contributed by atoms with van der Waals surface area (Å²) in [4.78, 5) is 12.3. The minimum absolute atomic E-state index is 0.230. The van der Waals surface area contributed by atoms with Crippen molar-refractivity contribution in [2.45, 2.75) is 6.92 Å². The fourth-order valence-electron chi connectivity index (χ4n) is 2.67. The zero-order chi connectivity index (χ0) is 18.8. The van der Waals surface area contributed by atoms with Gasteiger partial charge in [-0.3, -0.25) is 9.48 Å². The van der Waals surface area contributed by atoms with E-state index in [1.165, 1.54) is 0 Å². The molecule has 2 heterocycles. The number of rotatable bonds is 4. The van der Waals surface area contributed by atoms with Gasteiger partial charge in [0.2, 0.25) is 11.8 Å². The maximum atomic E-state index is 12.3. The predicted molar refractivity (Wildman–Crippen MR) is 101 cm³/mol. The van der Waals surface area contributed by atoms with Gasteiger partial charge in [0.25, 0.3) is 5.91 Å². The maximum Gasteiger partial charge on any atom is 0.256 e. The summed E-state index contributed by atoms with van der Waals surface area (Å²) in [6.07, 6.45) is 1.76. The molecule has 4 rings (SSSR count). The van der Waals surface area contributed by atoms with Crippen LogP contribution >= 0.6 is 0 Å². The van der Waals surface area contributed by atoms with Crippen LogP contribution in [0.4, 0.5) is 5.82 Å². The third-order valence-electron chi connectivity index (χ3n) is 4.04. The van der Waals surface area contributed by atoms with Gasteiger partial charge in [-0.2, -0.15) is 5.10 Å². The Labute approximate surface area is 155 Å². The molecule has 0 aliphatic carbocycles. The molecule has 0 bridgehead atoms. The Hall–Kier alpha value is -3.74. The van der Waals surface area contributed by atoms with Crippen molar-refractivity contribution in [1.82, 2.24) is 20.0 Å². The second kappa shape index (κ2) is 6.87. The normalized spacial score (nSPS) is 10.7. The second-order valence-corrected chi connectivity index (χ2v) is 6.19. The van der Waals surface area contributed by atoms with Crippen LogP contribution in [-0.4, -0.2) is 25.9 Å². The lowest BCUT2D eigenvalue weighted by Gasteiger charge is -2.02. The van der Waals surface area contributed by atoms with Crippen molar-refractivity contribution in [1.29, 1.82) is 0 Å². The van der Waals surface area contributed by atoms with E-state index in [-0.39, 0.29) is 5.91 Å². The molecule has 4 aromatic rings. The Kier molecular flexibility index (Phi) is 4.25. The summed E-state index contributed by atoms with van der Waals surface area (Å²) in [7, 11) is 1.79. The van der Waals surface area contributed by atoms with Gasteiger partial charge < -0.3 is 9.73 Å². The van der Waals surface area contributed by atoms with Crippen molar-refractivity contribution in [3.8, 4) is 22.9 Å². The van der Waals surface area contributed by atoms with Gasteiger partial charge in [-0.05, 0) is 43.3 Å². The molecule has 0 spiro atoms. The van der Waals surface area contributed by atoms with E-state index < -0.39 is 0 Å². The van der Waals surface area contributed by atoms with Gasteiger partial charge >= 0.3 is 0 Å². The van der Waals surface area contributed by atoms with Crippen molar-refractivity contribution in [2.24, 2.45) is 7.05 Å². The summed E-state index contributed by atoms with van der Waals surface area (Å²) in [6, 6.07) is 16.6. The molecule has 0 radical (unpaired) electrons. The molecule has 0 aliphatic rings. The summed E-state index contributed by atoms with van der Waals surface area (Å²) in [5.41, 5.74) is 3.26. The maximum absolute atomic E-state index is 12.3. The van der Waals surface area contributed by atoms with Crippen LogP contribution in [0.2, 0.25) is 0 Å². The summed E-state index contributed by atoms with van der Waals surface area (Å²) < 4.78 is 7.40. The molecule has 7 heteroatoms. The number of carbonyl (C=O) groups is 1. The number of aromatic nitrogens is 4. The van der Waals surface area contributed by atoms with Crippen LogP contribution in [-0.2, 0) is 7.05 Å². The Morgan fingerprint density at radius 2 is 1.74 bits per heavy atom. The molecule has 2 aromatic carbocycles. The molecule has 0 atom stereocenters. The Bertz CT molecular complexity index is 1100. The molecule has 2 aromatic heterocycles. The largest absolute Gasteiger partial charge is 0.416 e. The van der Waals surface area contributed by atoms with Crippen molar-refractivity contribution in [2.75, 3.05) is 5.32 Å². The zero-order valence-electron chi connectivity index (χ0n) is 14.9. The van der Waals surface area contributed by atoms with E-state index in [4.69, 9.17) is 4.42 Å². The van der Waals surface area contributed by atoms with Gasteiger partial charge in [0.05, 0.1) is 0 Å². The van der Waals surface area contributed by atoms with Crippen LogP contribution in [0.3, 0.4) is 0 Å². The van der Waals surface area contributed by atoms with Gasteiger partial charge in [-0.25, -0.2) is 0 Å². The van der Waals surface area contributed by atoms with Gasteiger partial charge in [0.1, 0.15) is 0 Å². The van der Waals surface area contributed by atoms with Crippen LogP contribution in [0, 0.1) is 6.92 Å². The number of nitrogens with zero attached hydrogens (tertiary/aromatic N) is 4. The van der Waals surface area contributed by atoms with E-state index in [9.17, 15) is 4.79 Å². The lowest BCUT2D eigenvalue weighted by atomic mass is 10.1. The predicted octanol–water partition coefficient (Wildman–Crippen LogP) is 3.70. The molecule has 134 valence electrons. The van der Waals surface area contributed by atoms with Crippen LogP contribution < -0.4 is 5.32 Å². The number of anilines is 1. The highest BCUT2D eigenvalue weighted by atomic mass is 16.4. The highest BCUT2D eigenvalue weighted by molar-refractivity contribution is 6.03. The third kappa shape index (κ3) is 3.62. The lowest BCUT2D eigenvalue weighted by Crippen LogP contribution is -2.12. The Morgan fingerprint density at radius 3 is 2.41 bits per heavy atom. The lowest BCUT2D eigenvalue weighted by molar-refractivity contribution is 0.102. The molecule has 1 amide bonds. The van der Waals surface area contributed by atoms with E-state index in [0.717, 1.165) is 16.7 Å². The van der Waals surface area contributed by atoms with E-state index in [0.29, 0.717) is 23.2 Å². The number of hydrogen-bond acceptors (Lipinski definition) is 5. The highest BCUT2D eigenvalue weighted by Gasteiger charge is 2.12. The summed E-state index contributed by atoms with van der Waals surface area (Å²) in [6.45, 7) is 2.01. The quantitative estimate of drug-likeness (QED) is 0.600. The molecule has 0 unspecified atom stereocenters. The Morgan fingerprint density at radius 1 is 1.00 bits per heavy atom. The van der Waals surface area contributed by atoms with E-state index in [2.05, 4.69) is 20.6 Å². The standard InChI is InChI=1S/C20H17N5O2/c1-13-4-3-5-16(12-13)20-23-22-19(27-20)15-8-6-14(7-9-15)18(26)21-17-10-11-25(2)24-17/h3-12H,1-2H3,(H,21,24,26). The Balaban J connectivity index is 1.51. The first-order valence-corrected chi connectivity index (χ1v) is 8.40.